The predicted molar refractivity (Wildman–Crippen MR) is 63.0 cm³/mol. The average Bonchev–Trinajstić information content (AvgIpc) is 2.68. The molecule has 0 saturated heterocycles. The van der Waals surface area contributed by atoms with E-state index in [1.807, 2.05) is 0 Å². The van der Waals surface area contributed by atoms with Crippen LogP contribution in [0.2, 0.25) is 0 Å². The molecule has 1 heterocycles. The molecule has 0 amide bonds. The Morgan fingerprint density at radius 1 is 1.53 bits per heavy atom. The van der Waals surface area contributed by atoms with Crippen molar-refractivity contribution in [1.82, 2.24) is 0 Å². The van der Waals surface area contributed by atoms with Crippen LogP contribution in [0.3, 0.4) is 0 Å². The molecule has 0 aromatic carbocycles. The van der Waals surface area contributed by atoms with Crippen molar-refractivity contribution in [3.05, 3.63) is 21.1 Å². The van der Waals surface area contributed by atoms with Gasteiger partial charge in [0.1, 0.15) is 0 Å². The second-order valence-electron chi connectivity index (χ2n) is 3.29. The lowest BCUT2D eigenvalue weighted by Gasteiger charge is -2.01. The average molecular weight is 259 g/mol. The molecule has 0 fully saturated rings. The molecule has 0 spiro atoms. The molecular weight excluding hydrogens is 246 g/mol. The van der Waals surface area contributed by atoms with E-state index in [4.69, 9.17) is 9.47 Å². The molecule has 1 aromatic heterocycles. The van der Waals surface area contributed by atoms with E-state index in [-0.39, 0.29) is 16.5 Å². The lowest BCUT2D eigenvalue weighted by atomic mass is 10.3. The topological polar surface area (TPSA) is 78.7 Å². The number of thiophene rings is 1. The van der Waals surface area contributed by atoms with E-state index in [2.05, 4.69) is 0 Å². The molecule has 0 saturated carbocycles. The highest BCUT2D eigenvalue weighted by Crippen LogP contribution is 2.37. The largest absolute Gasteiger partial charge is 0.479 e. The Hall–Kier alpha value is -1.47. The summed E-state index contributed by atoms with van der Waals surface area (Å²) in [6.45, 7) is 2.22. The van der Waals surface area contributed by atoms with Crippen molar-refractivity contribution in [2.45, 2.75) is 13.3 Å². The highest BCUT2D eigenvalue weighted by atomic mass is 32.1. The Kier molecular flexibility index (Phi) is 5.05. The second-order valence-corrected chi connectivity index (χ2v) is 4.31. The molecule has 7 heteroatoms. The number of nitro groups is 1. The van der Waals surface area contributed by atoms with Crippen molar-refractivity contribution in [3.63, 3.8) is 0 Å². The third kappa shape index (κ3) is 3.79. The summed E-state index contributed by atoms with van der Waals surface area (Å²) in [6.07, 6.45) is 0.640. The van der Waals surface area contributed by atoms with Crippen LogP contribution in [0.5, 0.6) is 5.06 Å². The number of Topliss-reactive ketones (excluding diaryl/α,β-unsaturated/α-hetero) is 1. The van der Waals surface area contributed by atoms with Crippen LogP contribution in [-0.2, 0) is 4.74 Å². The van der Waals surface area contributed by atoms with Crippen LogP contribution in [-0.4, -0.2) is 31.0 Å². The third-order valence-electron chi connectivity index (χ3n) is 1.95. The zero-order valence-electron chi connectivity index (χ0n) is 9.60. The van der Waals surface area contributed by atoms with Crippen molar-refractivity contribution < 1.29 is 19.2 Å². The number of ether oxygens (including phenoxy) is 2. The molecule has 0 bridgehead atoms. The minimum absolute atomic E-state index is 0.155. The number of hydrogen-bond donors (Lipinski definition) is 0. The van der Waals surface area contributed by atoms with Crippen LogP contribution in [0.1, 0.15) is 23.0 Å². The van der Waals surface area contributed by atoms with E-state index in [9.17, 15) is 14.9 Å². The van der Waals surface area contributed by atoms with Gasteiger partial charge in [-0.25, -0.2) is 0 Å². The van der Waals surface area contributed by atoms with Gasteiger partial charge in [0.2, 0.25) is 0 Å². The van der Waals surface area contributed by atoms with Gasteiger partial charge in [-0.1, -0.05) is 11.3 Å². The molecule has 0 radical (unpaired) electrons. The standard InChI is InChI=1S/C10H13NO5S/c1-7(12)9-6-8(11(13)14)10(17-9)16-5-3-4-15-2/h6H,3-5H2,1-2H3. The molecule has 0 N–H and O–H groups in total. The maximum absolute atomic E-state index is 11.1. The van der Waals surface area contributed by atoms with Crippen LogP contribution in [0.25, 0.3) is 0 Å². The summed E-state index contributed by atoms with van der Waals surface area (Å²) in [5.41, 5.74) is -0.155. The van der Waals surface area contributed by atoms with Crippen molar-refractivity contribution >= 4 is 22.8 Å². The summed E-state index contributed by atoms with van der Waals surface area (Å²) in [5, 5.41) is 10.9. The minimum Gasteiger partial charge on any atom is -0.479 e. The van der Waals surface area contributed by atoms with Gasteiger partial charge in [-0.15, -0.1) is 0 Å². The number of nitrogens with zero attached hydrogens (tertiary/aromatic N) is 1. The SMILES string of the molecule is COCCCOc1sc(C(C)=O)cc1[N+](=O)[O-]. The zero-order valence-corrected chi connectivity index (χ0v) is 10.4. The maximum Gasteiger partial charge on any atom is 0.323 e. The summed E-state index contributed by atoms with van der Waals surface area (Å²) in [4.78, 5) is 21.6. The third-order valence-corrected chi connectivity index (χ3v) is 3.09. The van der Waals surface area contributed by atoms with E-state index < -0.39 is 4.92 Å². The number of carbonyl (C=O) groups excluding carboxylic acids is 1. The normalized spacial score (nSPS) is 10.2. The first-order chi connectivity index (χ1) is 8.06. The molecule has 0 aliphatic rings. The molecule has 17 heavy (non-hydrogen) atoms. The van der Waals surface area contributed by atoms with Crippen LogP contribution in [0.4, 0.5) is 5.69 Å². The van der Waals surface area contributed by atoms with Gasteiger partial charge in [-0.05, 0) is 6.92 Å². The van der Waals surface area contributed by atoms with Gasteiger partial charge in [0.15, 0.2) is 5.78 Å². The van der Waals surface area contributed by atoms with Crippen LogP contribution in [0, 0.1) is 10.1 Å². The molecule has 1 rings (SSSR count). The fourth-order valence-electron chi connectivity index (χ4n) is 1.14. The van der Waals surface area contributed by atoms with Crippen LogP contribution in [0.15, 0.2) is 6.07 Å². The van der Waals surface area contributed by atoms with E-state index in [1.165, 1.54) is 13.0 Å². The first-order valence-corrected chi connectivity index (χ1v) is 5.78. The summed E-state index contributed by atoms with van der Waals surface area (Å²) < 4.78 is 10.1. The number of rotatable bonds is 7. The minimum atomic E-state index is -0.547. The molecule has 0 unspecified atom stereocenters. The number of hydrogen-bond acceptors (Lipinski definition) is 6. The Labute approximate surface area is 102 Å². The van der Waals surface area contributed by atoms with Gasteiger partial charge in [-0.2, -0.15) is 0 Å². The molecule has 94 valence electrons. The first-order valence-electron chi connectivity index (χ1n) is 4.97. The molecule has 0 aliphatic heterocycles. The highest BCUT2D eigenvalue weighted by molar-refractivity contribution is 7.16. The van der Waals surface area contributed by atoms with Gasteiger partial charge in [0.05, 0.1) is 16.4 Å². The van der Waals surface area contributed by atoms with Crippen LogP contribution < -0.4 is 4.74 Å². The van der Waals surface area contributed by atoms with Crippen LogP contribution >= 0.6 is 11.3 Å². The van der Waals surface area contributed by atoms with Gasteiger partial charge in [0, 0.05) is 26.2 Å². The molecule has 6 nitrogen and oxygen atoms in total. The van der Waals surface area contributed by atoms with E-state index in [0.717, 1.165) is 11.3 Å². The van der Waals surface area contributed by atoms with Crippen molar-refractivity contribution in [2.24, 2.45) is 0 Å². The Balaban J connectivity index is 2.74. The Morgan fingerprint density at radius 2 is 2.24 bits per heavy atom. The summed E-state index contributed by atoms with van der Waals surface area (Å²) in [6, 6.07) is 1.25. The maximum atomic E-state index is 11.1. The number of methoxy groups -OCH3 is 1. The highest BCUT2D eigenvalue weighted by Gasteiger charge is 2.22. The summed E-state index contributed by atoms with van der Waals surface area (Å²) in [7, 11) is 1.57. The second kappa shape index (κ2) is 6.31. The summed E-state index contributed by atoms with van der Waals surface area (Å²) >= 11 is 1.000. The molecule has 0 atom stereocenters. The summed E-state index contributed by atoms with van der Waals surface area (Å²) in [5.74, 6) is -0.204. The van der Waals surface area contributed by atoms with Crippen molar-refractivity contribution in [2.75, 3.05) is 20.3 Å². The van der Waals surface area contributed by atoms with Gasteiger partial charge in [0.25, 0.3) is 5.06 Å². The lowest BCUT2D eigenvalue weighted by Crippen LogP contribution is -2.01. The Bertz CT molecular complexity index is 415. The number of ketones is 1. The van der Waals surface area contributed by atoms with Crippen molar-refractivity contribution in [1.29, 1.82) is 0 Å². The molecule has 1 aromatic rings. The fraction of sp³-hybridized carbons (Fsp3) is 0.500. The smallest absolute Gasteiger partial charge is 0.323 e. The van der Waals surface area contributed by atoms with Crippen molar-refractivity contribution in [3.8, 4) is 5.06 Å². The van der Waals surface area contributed by atoms with Gasteiger partial charge in [-0.3, -0.25) is 14.9 Å². The van der Waals surface area contributed by atoms with Gasteiger partial charge >= 0.3 is 5.69 Å². The van der Waals surface area contributed by atoms with E-state index in [1.54, 1.807) is 7.11 Å². The number of carbonyl (C=O) groups is 1. The fourth-order valence-corrected chi connectivity index (χ4v) is 2.03. The van der Waals surface area contributed by atoms with E-state index in [0.29, 0.717) is 24.5 Å². The lowest BCUT2D eigenvalue weighted by molar-refractivity contribution is -0.385. The Morgan fingerprint density at radius 3 is 2.76 bits per heavy atom. The first kappa shape index (κ1) is 13.6. The monoisotopic (exact) mass is 259 g/mol. The van der Waals surface area contributed by atoms with Gasteiger partial charge < -0.3 is 9.47 Å². The quantitative estimate of drug-likeness (QED) is 0.325. The molecule has 0 aliphatic carbocycles. The van der Waals surface area contributed by atoms with E-state index >= 15 is 0 Å². The molecular formula is C10H13NO5S. The zero-order chi connectivity index (χ0) is 12.8. The predicted octanol–water partition coefficient (Wildman–Crippen LogP) is 2.27.